The Labute approximate surface area is 178 Å². The second-order valence-corrected chi connectivity index (χ2v) is 8.80. The molecular weight excluding hydrogens is 436 g/mol. The molecule has 29 heavy (non-hydrogen) atoms. The normalized spacial score (nSPS) is 19.9. The van der Waals surface area contributed by atoms with Gasteiger partial charge in [-0.3, -0.25) is 9.69 Å². The van der Waals surface area contributed by atoms with E-state index in [0.717, 1.165) is 22.8 Å². The molecule has 1 aromatic carbocycles. The zero-order valence-electron chi connectivity index (χ0n) is 16.7. The van der Waals surface area contributed by atoms with Crippen LogP contribution in [0.25, 0.3) is 10.9 Å². The van der Waals surface area contributed by atoms with E-state index in [9.17, 15) is 9.59 Å². The first-order valence-corrected chi connectivity index (χ1v) is 11.2. The first-order valence-electron chi connectivity index (χ1n) is 10.4. The third kappa shape index (κ3) is 4.42. The molecule has 0 amide bonds. The predicted molar refractivity (Wildman–Crippen MR) is 115 cm³/mol. The lowest BCUT2D eigenvalue weighted by atomic mass is 9.94. The van der Waals surface area contributed by atoms with E-state index in [1.807, 2.05) is 19.1 Å². The van der Waals surface area contributed by atoms with Gasteiger partial charge in [0.05, 0.1) is 18.7 Å². The maximum atomic E-state index is 13.1. The van der Waals surface area contributed by atoms with Gasteiger partial charge in [-0.1, -0.05) is 35.2 Å². The van der Waals surface area contributed by atoms with Crippen molar-refractivity contribution in [3.63, 3.8) is 0 Å². The maximum Gasteiger partial charge on any atom is 0.345 e. The van der Waals surface area contributed by atoms with Crippen LogP contribution in [0.5, 0.6) is 0 Å². The average molecular weight is 463 g/mol. The fraction of sp³-hybridized carbons (Fsp3) is 0.545. The molecule has 6 nitrogen and oxygen atoms in total. The Balaban J connectivity index is 1.69. The quantitative estimate of drug-likeness (QED) is 0.639. The van der Waals surface area contributed by atoms with Crippen molar-refractivity contribution in [2.45, 2.75) is 51.3 Å². The summed E-state index contributed by atoms with van der Waals surface area (Å²) >= 11 is 3.52. The lowest BCUT2D eigenvalue weighted by molar-refractivity contribution is -0.0637. The molecule has 0 N–H and O–H groups in total. The SMILES string of the molecule is CC(OC(=O)c1cn(C2CCCCC2)c2cc(Br)ccc2c1=O)N1CCOCC1. The highest BCUT2D eigenvalue weighted by Crippen LogP contribution is 2.31. The molecule has 0 bridgehead atoms. The van der Waals surface area contributed by atoms with Crippen molar-refractivity contribution < 1.29 is 14.3 Å². The molecular formula is C22H27BrN2O4. The number of fused-ring (bicyclic) bond motifs is 1. The Morgan fingerprint density at radius 3 is 2.66 bits per heavy atom. The van der Waals surface area contributed by atoms with Gasteiger partial charge in [0.25, 0.3) is 0 Å². The van der Waals surface area contributed by atoms with Gasteiger partial charge in [-0.05, 0) is 38.0 Å². The van der Waals surface area contributed by atoms with Crippen LogP contribution in [0.15, 0.2) is 33.7 Å². The Bertz CT molecular complexity index is 946. The van der Waals surface area contributed by atoms with Crippen LogP contribution in [0.1, 0.15) is 55.4 Å². The number of morpholine rings is 1. The number of carbonyl (C=O) groups excluding carboxylic acids is 1. The molecule has 1 unspecified atom stereocenters. The minimum absolute atomic E-state index is 0.116. The summed E-state index contributed by atoms with van der Waals surface area (Å²) in [7, 11) is 0. The third-order valence-corrected chi connectivity index (χ3v) is 6.51. The molecule has 2 heterocycles. The molecule has 2 aliphatic rings. The fourth-order valence-corrected chi connectivity index (χ4v) is 4.71. The molecule has 0 spiro atoms. The van der Waals surface area contributed by atoms with E-state index >= 15 is 0 Å². The number of rotatable bonds is 4. The second kappa shape index (κ2) is 8.98. The summed E-state index contributed by atoms with van der Waals surface area (Å²) in [5.41, 5.74) is 0.721. The highest BCUT2D eigenvalue weighted by atomic mass is 79.9. The number of aromatic nitrogens is 1. The number of carbonyl (C=O) groups is 1. The van der Waals surface area contributed by atoms with Crippen molar-refractivity contribution in [3.05, 3.63) is 44.7 Å². The smallest absolute Gasteiger partial charge is 0.345 e. The molecule has 2 aromatic rings. The van der Waals surface area contributed by atoms with Crippen molar-refractivity contribution in [1.29, 1.82) is 0 Å². The molecule has 7 heteroatoms. The number of hydrogen-bond acceptors (Lipinski definition) is 5. The van der Waals surface area contributed by atoms with E-state index in [4.69, 9.17) is 9.47 Å². The summed E-state index contributed by atoms with van der Waals surface area (Å²) in [5, 5.41) is 0.562. The van der Waals surface area contributed by atoms with Crippen LogP contribution in [-0.4, -0.2) is 48.0 Å². The fourth-order valence-electron chi connectivity index (χ4n) is 4.36. The molecule has 1 aromatic heterocycles. The molecule has 1 aliphatic heterocycles. The van der Waals surface area contributed by atoms with Crippen LogP contribution >= 0.6 is 15.9 Å². The van der Waals surface area contributed by atoms with Crippen LogP contribution in [0.2, 0.25) is 0 Å². The number of halogens is 1. The Morgan fingerprint density at radius 1 is 1.21 bits per heavy atom. The van der Waals surface area contributed by atoms with E-state index in [-0.39, 0.29) is 11.0 Å². The van der Waals surface area contributed by atoms with Gasteiger partial charge in [-0.25, -0.2) is 4.79 Å². The largest absolute Gasteiger partial charge is 0.443 e. The average Bonchev–Trinajstić information content (AvgIpc) is 2.75. The topological polar surface area (TPSA) is 60.8 Å². The van der Waals surface area contributed by atoms with Gasteiger partial charge < -0.3 is 14.0 Å². The Hall–Kier alpha value is -1.70. The van der Waals surface area contributed by atoms with E-state index in [1.54, 1.807) is 12.3 Å². The van der Waals surface area contributed by atoms with Crippen molar-refractivity contribution in [2.24, 2.45) is 0 Å². The maximum absolute atomic E-state index is 13.1. The van der Waals surface area contributed by atoms with E-state index < -0.39 is 12.2 Å². The number of hydrogen-bond donors (Lipinski definition) is 0. The van der Waals surface area contributed by atoms with E-state index in [1.165, 1.54) is 19.3 Å². The molecule has 1 saturated carbocycles. The molecule has 1 aliphatic carbocycles. The summed E-state index contributed by atoms with van der Waals surface area (Å²) in [5.74, 6) is -0.552. The number of benzene rings is 1. The van der Waals surface area contributed by atoms with Gasteiger partial charge in [0.15, 0.2) is 6.23 Å². The summed E-state index contributed by atoms with van der Waals surface area (Å²) < 4.78 is 14.1. The zero-order valence-corrected chi connectivity index (χ0v) is 18.3. The zero-order chi connectivity index (χ0) is 20.4. The van der Waals surface area contributed by atoms with Crippen LogP contribution in [0.4, 0.5) is 0 Å². The predicted octanol–water partition coefficient (Wildman–Crippen LogP) is 4.10. The van der Waals surface area contributed by atoms with Crippen LogP contribution in [-0.2, 0) is 9.47 Å². The van der Waals surface area contributed by atoms with Gasteiger partial charge in [0.1, 0.15) is 5.56 Å². The Kier molecular flexibility index (Phi) is 6.37. The molecule has 2 fully saturated rings. The molecule has 1 atom stereocenters. The second-order valence-electron chi connectivity index (χ2n) is 7.89. The number of ether oxygens (including phenoxy) is 2. The van der Waals surface area contributed by atoms with Crippen molar-refractivity contribution >= 4 is 32.8 Å². The standard InChI is InChI=1S/C22H27BrN2O4/c1-15(24-9-11-28-12-10-24)29-22(27)19-14-25(17-5-3-2-4-6-17)20-13-16(23)7-8-18(20)21(19)26/h7-8,13-15,17H,2-6,9-12H2,1H3. The van der Waals surface area contributed by atoms with Crippen molar-refractivity contribution in [1.82, 2.24) is 9.47 Å². The van der Waals surface area contributed by atoms with Gasteiger partial charge >= 0.3 is 5.97 Å². The monoisotopic (exact) mass is 462 g/mol. The minimum atomic E-state index is -0.552. The highest BCUT2D eigenvalue weighted by Gasteiger charge is 2.25. The number of nitrogens with zero attached hydrogens (tertiary/aromatic N) is 2. The Morgan fingerprint density at radius 2 is 1.93 bits per heavy atom. The summed E-state index contributed by atoms with van der Waals surface area (Å²) in [6.07, 6.45) is 7.02. The molecule has 156 valence electrons. The van der Waals surface area contributed by atoms with Crippen molar-refractivity contribution in [2.75, 3.05) is 26.3 Å². The lowest BCUT2D eigenvalue weighted by Crippen LogP contribution is -2.44. The summed E-state index contributed by atoms with van der Waals surface area (Å²) in [6, 6.07) is 5.91. The van der Waals surface area contributed by atoms with Crippen LogP contribution in [0.3, 0.4) is 0 Å². The molecule has 1 saturated heterocycles. The van der Waals surface area contributed by atoms with Gasteiger partial charge in [-0.15, -0.1) is 0 Å². The third-order valence-electron chi connectivity index (χ3n) is 6.02. The van der Waals surface area contributed by atoms with Crippen LogP contribution in [0, 0.1) is 0 Å². The van der Waals surface area contributed by atoms with Crippen molar-refractivity contribution in [3.8, 4) is 0 Å². The first-order chi connectivity index (χ1) is 14.0. The van der Waals surface area contributed by atoms with Gasteiger partial charge in [0.2, 0.25) is 5.43 Å². The van der Waals surface area contributed by atoms with Crippen LogP contribution < -0.4 is 5.43 Å². The first kappa shape index (κ1) is 20.6. The summed E-state index contributed by atoms with van der Waals surface area (Å²) in [4.78, 5) is 28.1. The number of esters is 1. The summed E-state index contributed by atoms with van der Waals surface area (Å²) in [6.45, 7) is 4.53. The number of pyridine rings is 1. The molecule has 0 radical (unpaired) electrons. The van der Waals surface area contributed by atoms with E-state index in [2.05, 4.69) is 25.4 Å². The molecule has 4 rings (SSSR count). The van der Waals surface area contributed by atoms with Gasteiger partial charge in [0, 0.05) is 35.2 Å². The highest BCUT2D eigenvalue weighted by molar-refractivity contribution is 9.10. The minimum Gasteiger partial charge on any atom is -0.443 e. The van der Waals surface area contributed by atoms with E-state index in [0.29, 0.717) is 37.7 Å². The van der Waals surface area contributed by atoms with Gasteiger partial charge in [-0.2, -0.15) is 0 Å². The lowest BCUT2D eigenvalue weighted by Gasteiger charge is -2.31.